The minimum atomic E-state index is -0.414. The minimum absolute atomic E-state index is 0.0917. The molecule has 2 N–H and O–H groups in total. The highest BCUT2D eigenvalue weighted by atomic mass is 32.2. The molecule has 2 amide bonds. The lowest BCUT2D eigenvalue weighted by molar-refractivity contribution is -0.117. The van der Waals surface area contributed by atoms with Gasteiger partial charge < -0.3 is 9.88 Å². The van der Waals surface area contributed by atoms with Crippen LogP contribution in [0.15, 0.2) is 40.9 Å². The Morgan fingerprint density at radius 2 is 2.00 bits per heavy atom. The van der Waals surface area contributed by atoms with Crippen LogP contribution >= 0.6 is 23.1 Å². The lowest BCUT2D eigenvalue weighted by Crippen LogP contribution is -2.32. The van der Waals surface area contributed by atoms with E-state index in [4.69, 9.17) is 0 Å². The average molecular weight is 402 g/mol. The van der Waals surface area contributed by atoms with Gasteiger partial charge in [0.05, 0.1) is 5.75 Å². The molecule has 0 unspecified atom stereocenters. The topological polar surface area (TPSA) is 88.9 Å². The maximum absolute atomic E-state index is 12.0. The number of imide groups is 1. The Morgan fingerprint density at radius 3 is 2.70 bits per heavy atom. The number of thioether (sulfide) groups is 1. The number of hydrogen-bond donors (Lipinski definition) is 2. The minimum Gasteiger partial charge on any atom is -0.347 e. The summed E-state index contributed by atoms with van der Waals surface area (Å²) in [6, 6.07) is 9.48. The summed E-state index contributed by atoms with van der Waals surface area (Å²) >= 11 is 2.60. The predicted octanol–water partition coefficient (Wildman–Crippen LogP) is 3.29. The second-order valence-electron chi connectivity index (χ2n) is 5.97. The van der Waals surface area contributed by atoms with Crippen molar-refractivity contribution in [1.29, 1.82) is 0 Å². The molecule has 27 heavy (non-hydrogen) atoms. The normalized spacial score (nSPS) is 10.6. The Kier molecular flexibility index (Phi) is 5.92. The van der Waals surface area contributed by atoms with Gasteiger partial charge in [-0.2, -0.15) is 0 Å². The predicted molar refractivity (Wildman–Crippen MR) is 108 cm³/mol. The number of rotatable bonds is 6. The zero-order valence-corrected chi connectivity index (χ0v) is 16.8. The number of nitrogens with zero attached hydrogens (tertiary/aromatic N) is 3. The summed E-state index contributed by atoms with van der Waals surface area (Å²) in [6.45, 7) is 4.11. The number of carbonyl (C=O) groups excluding carboxylic acids is 2. The molecule has 0 saturated carbocycles. The molecule has 9 heteroatoms. The number of carbonyl (C=O) groups is 2. The molecule has 0 atom stereocenters. The zero-order chi connectivity index (χ0) is 19.4. The van der Waals surface area contributed by atoms with Crippen molar-refractivity contribution < 1.29 is 9.59 Å². The van der Waals surface area contributed by atoms with Crippen LogP contribution in [-0.4, -0.2) is 32.3 Å². The first-order chi connectivity index (χ1) is 12.9. The van der Waals surface area contributed by atoms with E-state index >= 15 is 0 Å². The summed E-state index contributed by atoms with van der Waals surface area (Å²) in [5.74, 6) is -0.693. The van der Waals surface area contributed by atoms with Crippen molar-refractivity contribution in [1.82, 2.24) is 20.1 Å². The molecule has 0 aliphatic rings. The third-order valence-electron chi connectivity index (χ3n) is 3.92. The fraction of sp³-hybridized carbons (Fsp3) is 0.222. The van der Waals surface area contributed by atoms with E-state index in [0.29, 0.717) is 15.2 Å². The zero-order valence-electron chi connectivity index (χ0n) is 15.1. The van der Waals surface area contributed by atoms with Crippen molar-refractivity contribution in [2.45, 2.75) is 18.2 Å². The van der Waals surface area contributed by atoms with Crippen molar-refractivity contribution in [3.63, 3.8) is 0 Å². The van der Waals surface area contributed by atoms with Crippen LogP contribution in [0, 0.1) is 13.8 Å². The van der Waals surface area contributed by atoms with E-state index < -0.39 is 5.91 Å². The van der Waals surface area contributed by atoms with E-state index in [-0.39, 0.29) is 11.7 Å². The van der Waals surface area contributed by atoms with Gasteiger partial charge in [-0.1, -0.05) is 29.2 Å². The smallest absolute Gasteiger partial charge is 0.274 e. The summed E-state index contributed by atoms with van der Waals surface area (Å²) in [5, 5.41) is 14.4. The quantitative estimate of drug-likeness (QED) is 0.616. The second-order valence-corrected chi connectivity index (χ2v) is 8.17. The molecule has 0 bridgehead atoms. The van der Waals surface area contributed by atoms with Gasteiger partial charge in [0.25, 0.3) is 5.91 Å². The van der Waals surface area contributed by atoms with Gasteiger partial charge in [-0.15, -0.1) is 10.2 Å². The van der Waals surface area contributed by atoms with E-state index in [1.54, 1.807) is 29.9 Å². The first-order valence-corrected chi connectivity index (χ1v) is 9.98. The van der Waals surface area contributed by atoms with Crippen molar-refractivity contribution in [2.24, 2.45) is 7.05 Å². The summed E-state index contributed by atoms with van der Waals surface area (Å²) in [7, 11) is 1.75. The third kappa shape index (κ3) is 4.95. The number of nitrogens with one attached hydrogen (secondary N) is 2. The monoisotopic (exact) mass is 401 g/mol. The molecular weight excluding hydrogens is 382 g/mol. The van der Waals surface area contributed by atoms with Crippen molar-refractivity contribution in [2.75, 3.05) is 11.1 Å². The summed E-state index contributed by atoms with van der Waals surface area (Å²) in [4.78, 5) is 24.0. The molecule has 2 aromatic heterocycles. The van der Waals surface area contributed by atoms with Gasteiger partial charge >= 0.3 is 0 Å². The van der Waals surface area contributed by atoms with E-state index in [2.05, 4.69) is 34.7 Å². The van der Waals surface area contributed by atoms with Gasteiger partial charge in [0.15, 0.2) is 4.34 Å². The second kappa shape index (κ2) is 8.36. The van der Waals surface area contributed by atoms with Gasteiger partial charge in [0.1, 0.15) is 5.69 Å². The first kappa shape index (κ1) is 19.1. The van der Waals surface area contributed by atoms with Crippen molar-refractivity contribution >= 4 is 45.7 Å². The van der Waals surface area contributed by atoms with Crippen LogP contribution in [0.3, 0.4) is 0 Å². The fourth-order valence-corrected chi connectivity index (χ4v) is 3.88. The summed E-state index contributed by atoms with van der Waals surface area (Å²) in [6.07, 6.45) is 1.75. The summed E-state index contributed by atoms with van der Waals surface area (Å²) < 4.78 is 2.31. The van der Waals surface area contributed by atoms with Crippen LogP contribution in [-0.2, 0) is 11.8 Å². The fourth-order valence-electron chi connectivity index (χ4n) is 2.31. The van der Waals surface area contributed by atoms with E-state index in [1.807, 2.05) is 18.2 Å². The number of benzene rings is 1. The molecule has 1 aromatic carbocycles. The molecule has 0 aliphatic carbocycles. The van der Waals surface area contributed by atoms with Crippen LogP contribution in [0.1, 0.15) is 21.6 Å². The lowest BCUT2D eigenvalue weighted by atomic mass is 10.1. The molecule has 2 heterocycles. The number of aryl methyl sites for hydroxylation is 3. The molecule has 0 saturated heterocycles. The highest BCUT2D eigenvalue weighted by Crippen LogP contribution is 2.28. The standard InChI is InChI=1S/C18H19N5O2S2/c1-11-6-7-13(9-12(11)2)19-17-21-22-18(27-17)26-10-15(24)20-16(25)14-5-4-8-23(14)3/h4-9H,10H2,1-3H3,(H,19,21)(H,20,24,25). The Labute approximate surface area is 165 Å². The van der Waals surface area contributed by atoms with Crippen molar-refractivity contribution in [3.05, 3.63) is 53.3 Å². The maximum atomic E-state index is 12.0. The number of aromatic nitrogens is 3. The largest absolute Gasteiger partial charge is 0.347 e. The number of anilines is 2. The van der Waals surface area contributed by atoms with Crippen LogP contribution in [0.2, 0.25) is 0 Å². The average Bonchev–Trinajstić information content (AvgIpc) is 3.25. The molecule has 140 valence electrons. The van der Waals surface area contributed by atoms with Gasteiger partial charge in [0.2, 0.25) is 11.0 Å². The maximum Gasteiger partial charge on any atom is 0.274 e. The first-order valence-electron chi connectivity index (χ1n) is 8.18. The Morgan fingerprint density at radius 1 is 1.19 bits per heavy atom. The Hall–Kier alpha value is -2.65. The van der Waals surface area contributed by atoms with Gasteiger partial charge in [0, 0.05) is 18.9 Å². The number of amides is 2. The third-order valence-corrected chi connectivity index (χ3v) is 5.89. The van der Waals surface area contributed by atoms with Crippen LogP contribution in [0.5, 0.6) is 0 Å². The van der Waals surface area contributed by atoms with Gasteiger partial charge in [-0.25, -0.2) is 0 Å². The van der Waals surface area contributed by atoms with Crippen LogP contribution < -0.4 is 10.6 Å². The molecule has 7 nitrogen and oxygen atoms in total. The van der Waals surface area contributed by atoms with E-state index in [1.165, 1.54) is 34.2 Å². The van der Waals surface area contributed by atoms with Crippen molar-refractivity contribution in [3.8, 4) is 0 Å². The van der Waals surface area contributed by atoms with E-state index in [0.717, 1.165) is 5.69 Å². The molecule has 0 radical (unpaired) electrons. The highest BCUT2D eigenvalue weighted by Gasteiger charge is 2.14. The molecule has 3 aromatic rings. The molecule has 3 rings (SSSR count). The Balaban J connectivity index is 1.51. The van der Waals surface area contributed by atoms with Crippen LogP contribution in [0.4, 0.5) is 10.8 Å². The molecule has 0 spiro atoms. The lowest BCUT2D eigenvalue weighted by Gasteiger charge is -2.05. The van der Waals surface area contributed by atoms with E-state index in [9.17, 15) is 9.59 Å². The highest BCUT2D eigenvalue weighted by molar-refractivity contribution is 8.01. The molecule has 0 fully saturated rings. The SMILES string of the molecule is Cc1ccc(Nc2nnc(SCC(=O)NC(=O)c3cccn3C)s2)cc1C. The van der Waals surface area contributed by atoms with Crippen LogP contribution in [0.25, 0.3) is 0 Å². The Bertz CT molecular complexity index is 980. The molecule has 0 aliphatic heterocycles. The van der Waals surface area contributed by atoms with Gasteiger partial charge in [-0.3, -0.25) is 14.9 Å². The molecular formula is C18H19N5O2S2. The van der Waals surface area contributed by atoms with Gasteiger partial charge in [-0.05, 0) is 49.2 Å². The summed E-state index contributed by atoms with van der Waals surface area (Å²) in [5.41, 5.74) is 3.80. The number of hydrogen-bond acceptors (Lipinski definition) is 7.